The predicted molar refractivity (Wildman–Crippen MR) is 123 cm³/mol. The monoisotopic (exact) mass is 488 g/mol. The highest BCUT2D eigenvalue weighted by Crippen LogP contribution is 2.41. The van der Waals surface area contributed by atoms with E-state index in [0.717, 1.165) is 30.1 Å². The van der Waals surface area contributed by atoms with Crippen molar-refractivity contribution < 1.29 is 8.81 Å². The summed E-state index contributed by atoms with van der Waals surface area (Å²) in [6, 6.07) is 14.0. The number of halogens is 2. The fraction of sp³-hybridized carbons (Fsp3) is 0.273. The number of nitrogens with zero attached hydrogens (tertiary/aromatic N) is 3. The third-order valence-corrected chi connectivity index (χ3v) is 6.11. The summed E-state index contributed by atoms with van der Waals surface area (Å²) in [7, 11) is 4.07. The lowest BCUT2D eigenvalue weighted by atomic mass is 10.0. The van der Waals surface area contributed by atoms with Gasteiger partial charge < -0.3 is 19.5 Å². The van der Waals surface area contributed by atoms with Crippen molar-refractivity contribution in [3.63, 3.8) is 0 Å². The molecule has 1 saturated heterocycles. The van der Waals surface area contributed by atoms with E-state index in [2.05, 4.69) is 36.0 Å². The van der Waals surface area contributed by atoms with E-state index in [1.165, 1.54) is 12.1 Å². The number of hydrogen-bond donors (Lipinski definition) is 1. The summed E-state index contributed by atoms with van der Waals surface area (Å²) in [5, 5.41) is 4.10. The lowest BCUT2D eigenvalue weighted by Gasteiger charge is -2.27. The maximum atomic E-state index is 13.5. The maximum Gasteiger partial charge on any atom is 0.170 e. The number of hydrogen-bond acceptors (Lipinski definition) is 4. The van der Waals surface area contributed by atoms with Crippen molar-refractivity contribution in [2.75, 3.05) is 27.2 Å². The zero-order chi connectivity index (χ0) is 21.3. The van der Waals surface area contributed by atoms with Crippen molar-refractivity contribution in [1.82, 2.24) is 20.1 Å². The Morgan fingerprint density at radius 2 is 2.07 bits per heavy atom. The van der Waals surface area contributed by atoms with Gasteiger partial charge in [0.1, 0.15) is 23.4 Å². The second-order valence-electron chi connectivity index (χ2n) is 7.45. The lowest BCUT2D eigenvalue weighted by molar-refractivity contribution is 0.250. The summed E-state index contributed by atoms with van der Waals surface area (Å²) in [5.74, 6) is 1.15. The molecule has 0 spiro atoms. The molecule has 1 aliphatic heterocycles. The van der Waals surface area contributed by atoms with E-state index in [0.29, 0.717) is 15.3 Å². The molecule has 1 fully saturated rings. The van der Waals surface area contributed by atoms with Gasteiger partial charge in [-0.15, -0.1) is 0 Å². The average Bonchev–Trinajstić information content (AvgIpc) is 3.31. The predicted octanol–water partition coefficient (Wildman–Crippen LogP) is 4.78. The van der Waals surface area contributed by atoms with Gasteiger partial charge in [0.05, 0.1) is 11.7 Å². The zero-order valence-corrected chi connectivity index (χ0v) is 19.1. The molecule has 156 valence electrons. The first-order valence-corrected chi connectivity index (χ1v) is 10.8. The third-order valence-electron chi connectivity index (χ3n) is 5.10. The second-order valence-corrected chi connectivity index (χ2v) is 8.69. The molecule has 0 aliphatic carbocycles. The van der Waals surface area contributed by atoms with Crippen molar-refractivity contribution >= 4 is 33.3 Å². The number of likely N-dealkylation sites (N-methyl/N-ethyl adjacent to an activating group) is 1. The molecular weight excluding hydrogens is 467 g/mol. The highest BCUT2D eigenvalue weighted by Gasteiger charge is 2.41. The molecule has 4 rings (SSSR count). The number of thiocarbonyl (C=S) groups is 1. The standard InChI is InChI=1S/C22H22BrFN4OS/c1-27(2)11-12-28-21(20(26-22(28)30)17-5-3-4-10-25-17)19-9-8-18(29-19)15-7-6-14(24)13-16(15)23/h3-10,13,20-21H,11-12H2,1-2H3,(H,26,30)/t20-,21+/m0/s1. The summed E-state index contributed by atoms with van der Waals surface area (Å²) >= 11 is 9.09. The molecule has 2 aromatic heterocycles. The first-order chi connectivity index (χ1) is 14.4. The molecule has 0 amide bonds. The molecule has 3 aromatic rings. The first-order valence-electron chi connectivity index (χ1n) is 9.62. The van der Waals surface area contributed by atoms with Crippen molar-refractivity contribution in [3.05, 3.63) is 76.5 Å². The Balaban J connectivity index is 1.71. The Hall–Kier alpha value is -2.29. The molecule has 0 unspecified atom stereocenters. The second kappa shape index (κ2) is 8.83. The zero-order valence-electron chi connectivity index (χ0n) is 16.7. The molecule has 5 nitrogen and oxygen atoms in total. The summed E-state index contributed by atoms with van der Waals surface area (Å²) in [6.07, 6.45) is 1.78. The Labute approximate surface area is 189 Å². The number of furan rings is 1. The van der Waals surface area contributed by atoms with Crippen LogP contribution in [0.4, 0.5) is 4.39 Å². The minimum atomic E-state index is -0.298. The number of aromatic nitrogens is 1. The van der Waals surface area contributed by atoms with Crippen molar-refractivity contribution in [1.29, 1.82) is 0 Å². The molecular formula is C22H22BrFN4OS. The third kappa shape index (κ3) is 4.26. The van der Waals surface area contributed by atoms with Gasteiger partial charge in [-0.2, -0.15) is 0 Å². The molecule has 2 atom stereocenters. The molecule has 0 bridgehead atoms. The Bertz CT molecular complexity index is 1040. The molecule has 0 saturated carbocycles. The summed E-state index contributed by atoms with van der Waals surface area (Å²) in [6.45, 7) is 1.60. The molecule has 1 aliphatic rings. The summed E-state index contributed by atoms with van der Waals surface area (Å²) < 4.78 is 20.4. The number of benzene rings is 1. The van der Waals surface area contributed by atoms with Crippen molar-refractivity contribution in [3.8, 4) is 11.3 Å². The van der Waals surface area contributed by atoms with Gasteiger partial charge in [0.15, 0.2) is 5.11 Å². The number of nitrogens with one attached hydrogen (secondary N) is 1. The molecule has 30 heavy (non-hydrogen) atoms. The fourth-order valence-electron chi connectivity index (χ4n) is 3.61. The van der Waals surface area contributed by atoms with Crippen LogP contribution in [-0.2, 0) is 0 Å². The minimum absolute atomic E-state index is 0.128. The quantitative estimate of drug-likeness (QED) is 0.503. The van der Waals surface area contributed by atoms with Gasteiger partial charge in [-0.25, -0.2) is 4.39 Å². The van der Waals surface area contributed by atoms with Crippen LogP contribution in [0.5, 0.6) is 0 Å². The van der Waals surface area contributed by atoms with Crippen LogP contribution < -0.4 is 5.32 Å². The van der Waals surface area contributed by atoms with E-state index in [1.54, 1.807) is 12.3 Å². The van der Waals surface area contributed by atoms with Crippen LogP contribution in [0.15, 0.2) is 63.6 Å². The highest BCUT2D eigenvalue weighted by molar-refractivity contribution is 9.10. The van der Waals surface area contributed by atoms with Crippen LogP contribution in [0.25, 0.3) is 11.3 Å². The summed E-state index contributed by atoms with van der Waals surface area (Å²) in [5.41, 5.74) is 1.70. The Morgan fingerprint density at radius 3 is 2.77 bits per heavy atom. The van der Waals surface area contributed by atoms with E-state index in [-0.39, 0.29) is 17.9 Å². The van der Waals surface area contributed by atoms with Gasteiger partial charge in [0, 0.05) is 29.3 Å². The van der Waals surface area contributed by atoms with E-state index >= 15 is 0 Å². The van der Waals surface area contributed by atoms with Gasteiger partial charge in [-0.05, 0) is 84.7 Å². The van der Waals surface area contributed by atoms with Gasteiger partial charge in [-0.1, -0.05) is 6.07 Å². The van der Waals surface area contributed by atoms with Crippen LogP contribution >= 0.6 is 28.1 Å². The van der Waals surface area contributed by atoms with Crippen LogP contribution in [0, 0.1) is 5.82 Å². The fourth-order valence-corrected chi connectivity index (χ4v) is 4.49. The molecule has 1 N–H and O–H groups in total. The first kappa shape index (κ1) is 21.0. The van der Waals surface area contributed by atoms with Gasteiger partial charge in [-0.3, -0.25) is 4.98 Å². The van der Waals surface area contributed by atoms with E-state index in [4.69, 9.17) is 16.6 Å². The van der Waals surface area contributed by atoms with Crippen LogP contribution in [-0.4, -0.2) is 47.1 Å². The van der Waals surface area contributed by atoms with Gasteiger partial charge in [0.2, 0.25) is 0 Å². The van der Waals surface area contributed by atoms with Crippen LogP contribution in [0.2, 0.25) is 0 Å². The molecule has 0 radical (unpaired) electrons. The number of pyridine rings is 1. The largest absolute Gasteiger partial charge is 0.459 e. The molecule has 8 heteroatoms. The van der Waals surface area contributed by atoms with Gasteiger partial charge >= 0.3 is 0 Å². The average molecular weight is 489 g/mol. The topological polar surface area (TPSA) is 44.5 Å². The van der Waals surface area contributed by atoms with Crippen molar-refractivity contribution in [2.24, 2.45) is 0 Å². The van der Waals surface area contributed by atoms with E-state index in [1.807, 2.05) is 44.4 Å². The van der Waals surface area contributed by atoms with E-state index in [9.17, 15) is 4.39 Å². The van der Waals surface area contributed by atoms with Crippen LogP contribution in [0.1, 0.15) is 23.5 Å². The highest BCUT2D eigenvalue weighted by atomic mass is 79.9. The van der Waals surface area contributed by atoms with Crippen molar-refractivity contribution in [2.45, 2.75) is 12.1 Å². The molecule has 3 heterocycles. The maximum absolute atomic E-state index is 13.5. The Morgan fingerprint density at radius 1 is 1.23 bits per heavy atom. The SMILES string of the molecule is CN(C)CCN1C(=S)N[C@@H](c2ccccn2)[C@H]1c1ccc(-c2ccc(F)cc2Br)o1. The van der Waals surface area contributed by atoms with Gasteiger partial charge in [0.25, 0.3) is 0 Å². The smallest absolute Gasteiger partial charge is 0.170 e. The summed E-state index contributed by atoms with van der Waals surface area (Å²) in [4.78, 5) is 8.81. The Kier molecular flexibility index (Phi) is 6.17. The van der Waals surface area contributed by atoms with Crippen LogP contribution in [0.3, 0.4) is 0 Å². The molecule has 1 aromatic carbocycles. The normalized spacial score (nSPS) is 18.8. The van der Waals surface area contributed by atoms with E-state index < -0.39 is 0 Å². The number of rotatable bonds is 6. The lowest BCUT2D eigenvalue weighted by Crippen LogP contribution is -2.35. The minimum Gasteiger partial charge on any atom is -0.459 e.